The summed E-state index contributed by atoms with van der Waals surface area (Å²) in [5.41, 5.74) is 2.37. The van der Waals surface area contributed by atoms with Crippen molar-refractivity contribution in [3.8, 4) is 11.1 Å². The number of nitrogens with one attached hydrogen (secondary N) is 4. The monoisotopic (exact) mass is 729 g/mol. The third-order valence-electron chi connectivity index (χ3n) is 8.95. The number of benzene rings is 3. The first-order chi connectivity index (χ1) is 24.9. The molecule has 3 atom stereocenters. The topological polar surface area (TPSA) is 204 Å². The van der Waals surface area contributed by atoms with Crippen LogP contribution in [-0.4, -0.2) is 89.4 Å². The maximum atomic E-state index is 13.5. The summed E-state index contributed by atoms with van der Waals surface area (Å²) in [4.78, 5) is 53.1. The summed E-state index contributed by atoms with van der Waals surface area (Å²) in [7, 11) is -4.31. The predicted molar refractivity (Wildman–Crippen MR) is 191 cm³/mol. The van der Waals surface area contributed by atoms with E-state index in [1.54, 1.807) is 38.4 Å². The second-order valence-electron chi connectivity index (χ2n) is 12.9. The molecule has 0 bridgehead atoms. The number of H-pyrrole nitrogens is 1. The highest BCUT2D eigenvalue weighted by Gasteiger charge is 2.53. The van der Waals surface area contributed by atoms with E-state index in [2.05, 4.69) is 30.5 Å². The molecule has 3 heterocycles. The molecule has 52 heavy (non-hydrogen) atoms. The van der Waals surface area contributed by atoms with Gasteiger partial charge in [0.25, 0.3) is 5.91 Å². The molecule has 2 unspecified atom stereocenters. The lowest BCUT2D eigenvalue weighted by Crippen LogP contribution is -2.49. The molecular formula is C36H39N7O8S. The standard InChI is InChI=1S/C36H39N7O8S/c1-23-15-27(26-11-7-4-8-12-26)16-24(2)31(23)52(48,49)42-30(33(45)46)20-39-32(44)29-18-36(51-41-29)17-28(19-40-34-37-13-14-38-34)43(22-36)35(47)50-21-25-9-5-3-6-10-25/h3-16,28,30,42H,17-22H2,1-2H3,(H,39,44)(H,45,46)(H2,37,38,40)/t28?,30?,36-/m0/s1. The average Bonchev–Trinajstić information content (AvgIpc) is 3.89. The van der Waals surface area contributed by atoms with Gasteiger partial charge in [-0.2, -0.15) is 4.72 Å². The summed E-state index contributed by atoms with van der Waals surface area (Å²) < 4.78 is 34.8. The van der Waals surface area contributed by atoms with E-state index in [4.69, 9.17) is 9.57 Å². The first-order valence-corrected chi connectivity index (χ1v) is 18.1. The molecule has 0 aliphatic carbocycles. The lowest BCUT2D eigenvalue weighted by atomic mass is 9.94. The van der Waals surface area contributed by atoms with Crippen LogP contribution in [0.1, 0.15) is 29.5 Å². The van der Waals surface area contributed by atoms with Crippen LogP contribution >= 0.6 is 0 Å². The molecule has 1 spiro atoms. The van der Waals surface area contributed by atoms with E-state index in [-0.39, 0.29) is 30.2 Å². The van der Waals surface area contributed by atoms with E-state index in [0.29, 0.717) is 30.0 Å². The van der Waals surface area contributed by atoms with Gasteiger partial charge >= 0.3 is 12.1 Å². The number of nitrogens with zero attached hydrogens (tertiary/aromatic N) is 3. The van der Waals surface area contributed by atoms with Crippen molar-refractivity contribution in [3.63, 3.8) is 0 Å². The fraction of sp³-hybridized carbons (Fsp3) is 0.306. The largest absolute Gasteiger partial charge is 0.480 e. The summed E-state index contributed by atoms with van der Waals surface area (Å²) in [6.45, 7) is 3.17. The Morgan fingerprint density at radius 3 is 2.40 bits per heavy atom. The fourth-order valence-corrected chi connectivity index (χ4v) is 8.19. The van der Waals surface area contributed by atoms with Gasteiger partial charge in [0.15, 0.2) is 11.5 Å². The number of aliphatic carboxylic acids is 1. The van der Waals surface area contributed by atoms with Crippen molar-refractivity contribution >= 4 is 39.7 Å². The first-order valence-electron chi connectivity index (χ1n) is 16.6. The molecule has 1 fully saturated rings. The first kappa shape index (κ1) is 36.1. The zero-order valence-corrected chi connectivity index (χ0v) is 29.4. The van der Waals surface area contributed by atoms with Gasteiger partial charge in [-0.25, -0.2) is 18.2 Å². The number of likely N-dealkylation sites (tertiary alicyclic amines) is 1. The van der Waals surface area contributed by atoms with Crippen LogP contribution in [0.4, 0.5) is 10.7 Å². The number of imidazole rings is 1. The normalized spacial score (nSPS) is 18.8. The fourth-order valence-electron chi connectivity index (χ4n) is 6.55. The summed E-state index contributed by atoms with van der Waals surface area (Å²) in [6.07, 6.45) is 3.02. The molecule has 2 aliphatic heterocycles. The Bertz CT molecular complexity index is 2040. The molecule has 272 valence electrons. The van der Waals surface area contributed by atoms with Gasteiger partial charge in [0.1, 0.15) is 18.4 Å². The van der Waals surface area contributed by atoms with Crippen molar-refractivity contribution < 1.29 is 37.5 Å². The number of carbonyl (C=O) groups excluding carboxylic acids is 2. The minimum Gasteiger partial charge on any atom is -0.480 e. The van der Waals surface area contributed by atoms with Crippen LogP contribution in [0.2, 0.25) is 0 Å². The van der Waals surface area contributed by atoms with Crippen molar-refractivity contribution in [1.82, 2.24) is 24.9 Å². The van der Waals surface area contributed by atoms with Crippen LogP contribution in [0.3, 0.4) is 0 Å². The number of hydrogen-bond acceptors (Lipinski definition) is 10. The van der Waals surface area contributed by atoms with Crippen molar-refractivity contribution in [1.29, 1.82) is 0 Å². The summed E-state index contributed by atoms with van der Waals surface area (Å²) in [5, 5.41) is 19.6. The molecule has 1 saturated heterocycles. The second-order valence-corrected chi connectivity index (χ2v) is 14.5. The van der Waals surface area contributed by atoms with Crippen LogP contribution in [0.25, 0.3) is 11.1 Å². The summed E-state index contributed by atoms with van der Waals surface area (Å²) >= 11 is 0. The van der Waals surface area contributed by atoms with E-state index in [0.717, 1.165) is 16.7 Å². The van der Waals surface area contributed by atoms with Crippen molar-refractivity contribution in [2.75, 3.05) is 25.0 Å². The van der Waals surface area contributed by atoms with E-state index in [1.165, 1.54) is 4.90 Å². The number of oxime groups is 1. The van der Waals surface area contributed by atoms with E-state index in [1.807, 2.05) is 60.7 Å². The van der Waals surface area contributed by atoms with Gasteiger partial charge < -0.3 is 30.3 Å². The number of aromatic amines is 1. The Hall–Kier alpha value is -5.74. The zero-order valence-electron chi connectivity index (χ0n) is 28.5. The molecular weight excluding hydrogens is 691 g/mol. The van der Waals surface area contributed by atoms with Crippen LogP contribution in [0.5, 0.6) is 0 Å². The van der Waals surface area contributed by atoms with Crippen LogP contribution < -0.4 is 15.4 Å². The van der Waals surface area contributed by atoms with Gasteiger partial charge in [0.2, 0.25) is 10.0 Å². The van der Waals surface area contributed by atoms with E-state index in [9.17, 15) is 27.9 Å². The number of hydrogen-bond donors (Lipinski definition) is 5. The molecule has 16 heteroatoms. The molecule has 4 aromatic rings. The number of carboxylic acid groups (broad SMARTS) is 1. The Labute approximate surface area is 300 Å². The van der Waals surface area contributed by atoms with Crippen molar-refractivity contribution in [2.24, 2.45) is 5.16 Å². The zero-order chi connectivity index (χ0) is 36.9. The molecule has 0 radical (unpaired) electrons. The SMILES string of the molecule is Cc1cc(-c2ccccc2)cc(C)c1S(=O)(=O)NC(CNC(=O)C1=NO[C@]2(C1)CC(CNc1ncc[nH]1)N(C(=O)OCc1ccccc1)C2)C(=O)O. The highest BCUT2D eigenvalue weighted by molar-refractivity contribution is 7.89. The number of ether oxygens (including phenoxy) is 1. The second kappa shape index (κ2) is 15.2. The van der Waals surface area contributed by atoms with Gasteiger partial charge in [0.05, 0.1) is 17.5 Å². The Balaban J connectivity index is 1.09. The smallest absolute Gasteiger partial charge is 0.410 e. The van der Waals surface area contributed by atoms with Crippen molar-refractivity contribution in [3.05, 3.63) is 102 Å². The number of rotatable bonds is 13. The predicted octanol–water partition coefficient (Wildman–Crippen LogP) is 3.58. The third-order valence-corrected chi connectivity index (χ3v) is 10.7. The average molecular weight is 730 g/mol. The minimum absolute atomic E-state index is 0.0209. The van der Waals surface area contributed by atoms with Gasteiger partial charge in [-0.15, -0.1) is 0 Å². The number of amides is 2. The minimum atomic E-state index is -4.31. The van der Waals surface area contributed by atoms with Gasteiger partial charge in [-0.1, -0.05) is 78.0 Å². The molecule has 15 nitrogen and oxygen atoms in total. The highest BCUT2D eigenvalue weighted by Crippen LogP contribution is 2.38. The quantitative estimate of drug-likeness (QED) is 0.135. The number of carboxylic acids is 1. The lowest BCUT2D eigenvalue weighted by molar-refractivity contribution is -0.138. The molecule has 2 aliphatic rings. The van der Waals surface area contributed by atoms with Gasteiger partial charge in [-0.05, 0) is 41.7 Å². The van der Waals surface area contributed by atoms with Gasteiger partial charge in [-0.3, -0.25) is 14.5 Å². The molecule has 0 saturated carbocycles. The molecule has 1 aromatic heterocycles. The summed E-state index contributed by atoms with van der Waals surface area (Å²) in [6, 6.07) is 20.1. The molecule has 2 amide bonds. The summed E-state index contributed by atoms with van der Waals surface area (Å²) in [5.74, 6) is -1.69. The Morgan fingerprint density at radius 2 is 1.75 bits per heavy atom. The maximum Gasteiger partial charge on any atom is 0.410 e. The number of aromatic nitrogens is 2. The van der Waals surface area contributed by atoms with E-state index < -0.39 is 52.2 Å². The number of aryl methyl sites for hydroxylation is 2. The van der Waals surface area contributed by atoms with Crippen LogP contribution in [-0.2, 0) is 35.8 Å². The van der Waals surface area contributed by atoms with Gasteiger partial charge in [0, 0.05) is 38.3 Å². The third kappa shape index (κ3) is 8.24. The maximum absolute atomic E-state index is 13.5. The number of sulfonamides is 1. The van der Waals surface area contributed by atoms with Crippen LogP contribution in [0, 0.1) is 13.8 Å². The highest BCUT2D eigenvalue weighted by atomic mass is 32.2. The molecule has 6 rings (SSSR count). The number of anilines is 1. The van der Waals surface area contributed by atoms with E-state index >= 15 is 0 Å². The van der Waals surface area contributed by atoms with Crippen molar-refractivity contribution in [2.45, 2.75) is 55.9 Å². The Morgan fingerprint density at radius 1 is 1.06 bits per heavy atom. The Kier molecular flexibility index (Phi) is 10.6. The molecule has 5 N–H and O–H groups in total. The molecule has 3 aromatic carbocycles. The van der Waals surface area contributed by atoms with Crippen LogP contribution in [0.15, 0.2) is 95.2 Å². The lowest BCUT2D eigenvalue weighted by Gasteiger charge is -2.24. The number of carbonyl (C=O) groups is 3.